The Morgan fingerprint density at radius 2 is 1.25 bits per heavy atom. The van der Waals surface area contributed by atoms with E-state index in [0.29, 0.717) is 38.8 Å². The van der Waals surface area contributed by atoms with Gasteiger partial charge in [0.05, 0.1) is 13.1 Å². The van der Waals surface area contributed by atoms with Crippen molar-refractivity contribution in [3.05, 3.63) is 12.2 Å². The van der Waals surface area contributed by atoms with Crippen molar-refractivity contribution in [3.8, 4) is 0 Å². The summed E-state index contributed by atoms with van der Waals surface area (Å²) in [5, 5.41) is 1.92. The molecule has 0 radical (unpaired) electrons. The first-order valence-corrected chi connectivity index (χ1v) is 6.29. The number of hydroxylamine groups is 4. The van der Waals surface area contributed by atoms with Gasteiger partial charge in [-0.15, -0.1) is 0 Å². The van der Waals surface area contributed by atoms with E-state index in [4.69, 9.17) is 9.68 Å². The van der Waals surface area contributed by atoms with Gasteiger partial charge in [-0.25, -0.2) is 9.59 Å². The molecule has 2 rings (SSSR count). The third kappa shape index (κ3) is 3.56. The molecule has 0 spiro atoms. The predicted molar refractivity (Wildman–Crippen MR) is 63.2 cm³/mol. The molecule has 0 saturated carbocycles. The molecule has 0 N–H and O–H groups in total. The van der Waals surface area contributed by atoms with Gasteiger partial charge in [0.25, 0.3) is 11.8 Å². The van der Waals surface area contributed by atoms with Gasteiger partial charge in [-0.3, -0.25) is 9.59 Å². The van der Waals surface area contributed by atoms with Gasteiger partial charge in [-0.1, -0.05) is 0 Å². The molecule has 2 amide bonds. The summed E-state index contributed by atoms with van der Waals surface area (Å²) in [5.41, 5.74) is 0. The van der Waals surface area contributed by atoms with E-state index in [9.17, 15) is 19.2 Å². The second-order valence-electron chi connectivity index (χ2n) is 4.35. The van der Waals surface area contributed by atoms with Crippen LogP contribution in [-0.4, -0.2) is 47.0 Å². The zero-order valence-electron chi connectivity index (χ0n) is 10.7. The van der Waals surface area contributed by atoms with Crippen LogP contribution in [0.2, 0.25) is 0 Å². The second-order valence-corrected chi connectivity index (χ2v) is 4.35. The third-order valence-corrected chi connectivity index (χ3v) is 2.82. The molecule has 0 atom stereocenters. The molecule has 0 aromatic rings. The van der Waals surface area contributed by atoms with Crippen LogP contribution in [0.5, 0.6) is 0 Å². The summed E-state index contributed by atoms with van der Waals surface area (Å²) in [6.45, 7) is 0.705. The standard InChI is InChI=1S/C12H14N2O6/c15-9-3-1-7-13(9)19-11(17)5-6-12(18)20-14-8-2-4-10(14)16/h5-6H,1-4,7-8H2/b6-5+. The Morgan fingerprint density at radius 3 is 1.55 bits per heavy atom. The fourth-order valence-electron chi connectivity index (χ4n) is 1.85. The molecule has 2 aliphatic heterocycles. The van der Waals surface area contributed by atoms with E-state index < -0.39 is 11.9 Å². The zero-order valence-corrected chi connectivity index (χ0v) is 10.7. The largest absolute Gasteiger partial charge is 0.356 e. The highest BCUT2D eigenvalue weighted by molar-refractivity contribution is 5.92. The smallest absolute Gasteiger partial charge is 0.333 e. The lowest BCUT2D eigenvalue weighted by Gasteiger charge is -2.13. The first kappa shape index (κ1) is 14.0. The molecule has 2 heterocycles. The maximum atomic E-state index is 11.4. The molecule has 0 aromatic carbocycles. The Bertz CT molecular complexity index is 431. The monoisotopic (exact) mass is 282 g/mol. The van der Waals surface area contributed by atoms with Gasteiger partial charge in [-0.05, 0) is 12.8 Å². The molecule has 108 valence electrons. The van der Waals surface area contributed by atoms with Crippen LogP contribution in [-0.2, 0) is 28.9 Å². The van der Waals surface area contributed by atoms with E-state index >= 15 is 0 Å². The van der Waals surface area contributed by atoms with Crippen molar-refractivity contribution in [2.75, 3.05) is 13.1 Å². The van der Waals surface area contributed by atoms with Gasteiger partial charge in [-0.2, -0.15) is 10.1 Å². The molecule has 0 bridgehead atoms. The van der Waals surface area contributed by atoms with E-state index in [0.717, 1.165) is 22.3 Å². The van der Waals surface area contributed by atoms with Crippen LogP contribution in [0, 0.1) is 0 Å². The Hall–Kier alpha value is -2.38. The lowest BCUT2D eigenvalue weighted by atomic mass is 10.4. The van der Waals surface area contributed by atoms with Crippen molar-refractivity contribution in [1.29, 1.82) is 0 Å². The molecule has 0 unspecified atom stereocenters. The lowest BCUT2D eigenvalue weighted by molar-refractivity contribution is -0.189. The normalized spacial score (nSPS) is 19.0. The Balaban J connectivity index is 1.76. The molecule has 2 aliphatic rings. The summed E-state index contributed by atoms with van der Waals surface area (Å²) in [6, 6.07) is 0. The van der Waals surface area contributed by atoms with Crippen LogP contribution in [0.1, 0.15) is 25.7 Å². The average molecular weight is 282 g/mol. The summed E-state index contributed by atoms with van der Waals surface area (Å²) < 4.78 is 0. The first-order valence-electron chi connectivity index (χ1n) is 6.29. The minimum absolute atomic E-state index is 0.267. The van der Waals surface area contributed by atoms with Crippen molar-refractivity contribution in [1.82, 2.24) is 10.1 Å². The summed E-state index contributed by atoms with van der Waals surface area (Å²) in [5.74, 6) is -2.22. The molecule has 8 heteroatoms. The SMILES string of the molecule is O=C(/C=C/C(=O)ON1CCCC1=O)ON1CCCC1=O. The summed E-state index contributed by atoms with van der Waals surface area (Å²) in [6.07, 6.45) is 3.67. The minimum atomic E-state index is -0.843. The number of rotatable bonds is 4. The van der Waals surface area contributed by atoms with Crippen LogP contribution in [0.15, 0.2) is 12.2 Å². The van der Waals surface area contributed by atoms with Gasteiger partial charge in [0.1, 0.15) is 0 Å². The van der Waals surface area contributed by atoms with Crippen molar-refractivity contribution < 1.29 is 28.9 Å². The van der Waals surface area contributed by atoms with E-state index in [1.807, 2.05) is 0 Å². The van der Waals surface area contributed by atoms with E-state index in [1.165, 1.54) is 0 Å². The Kier molecular flexibility index (Phi) is 4.34. The maximum absolute atomic E-state index is 11.4. The second kappa shape index (κ2) is 6.18. The summed E-state index contributed by atoms with van der Waals surface area (Å²) in [7, 11) is 0. The van der Waals surface area contributed by atoms with E-state index in [-0.39, 0.29) is 11.8 Å². The van der Waals surface area contributed by atoms with Crippen LogP contribution >= 0.6 is 0 Å². The molecular formula is C12H14N2O6. The Labute approximate surface area is 114 Å². The van der Waals surface area contributed by atoms with Crippen LogP contribution < -0.4 is 0 Å². The third-order valence-electron chi connectivity index (χ3n) is 2.82. The number of nitrogens with zero attached hydrogens (tertiary/aromatic N) is 2. The molecule has 0 aliphatic carbocycles. The first-order chi connectivity index (χ1) is 9.56. The van der Waals surface area contributed by atoms with Gasteiger partial charge in [0.15, 0.2) is 0 Å². The zero-order chi connectivity index (χ0) is 14.5. The quantitative estimate of drug-likeness (QED) is 0.657. The average Bonchev–Trinajstić information content (AvgIpc) is 2.98. The number of amides is 2. The molecule has 2 saturated heterocycles. The maximum Gasteiger partial charge on any atom is 0.356 e. The predicted octanol–water partition coefficient (Wildman–Crippen LogP) is -0.296. The summed E-state index contributed by atoms with van der Waals surface area (Å²) in [4.78, 5) is 54.6. The number of carbonyl (C=O) groups excluding carboxylic acids is 4. The van der Waals surface area contributed by atoms with Gasteiger partial charge < -0.3 is 9.68 Å². The van der Waals surface area contributed by atoms with Crippen LogP contribution in [0.3, 0.4) is 0 Å². The van der Waals surface area contributed by atoms with Crippen LogP contribution in [0.4, 0.5) is 0 Å². The lowest BCUT2D eigenvalue weighted by Crippen LogP contribution is -2.28. The number of hydrogen-bond acceptors (Lipinski definition) is 6. The van der Waals surface area contributed by atoms with Crippen molar-refractivity contribution in [3.63, 3.8) is 0 Å². The Morgan fingerprint density at radius 1 is 0.850 bits per heavy atom. The number of hydrogen-bond donors (Lipinski definition) is 0. The molecule has 20 heavy (non-hydrogen) atoms. The molecule has 0 aromatic heterocycles. The molecule has 2 fully saturated rings. The van der Waals surface area contributed by atoms with Crippen LogP contribution in [0.25, 0.3) is 0 Å². The van der Waals surface area contributed by atoms with Gasteiger partial charge in [0, 0.05) is 25.0 Å². The fraction of sp³-hybridized carbons (Fsp3) is 0.500. The van der Waals surface area contributed by atoms with Gasteiger partial charge >= 0.3 is 11.9 Å². The van der Waals surface area contributed by atoms with Crippen molar-refractivity contribution >= 4 is 23.8 Å². The van der Waals surface area contributed by atoms with Crippen molar-refractivity contribution in [2.45, 2.75) is 25.7 Å². The highest BCUT2D eigenvalue weighted by Crippen LogP contribution is 2.11. The van der Waals surface area contributed by atoms with E-state index in [1.54, 1.807) is 0 Å². The highest BCUT2D eigenvalue weighted by Gasteiger charge is 2.25. The fourth-order valence-corrected chi connectivity index (χ4v) is 1.85. The topological polar surface area (TPSA) is 93.2 Å². The number of carbonyl (C=O) groups is 4. The van der Waals surface area contributed by atoms with E-state index in [2.05, 4.69) is 0 Å². The minimum Gasteiger partial charge on any atom is -0.333 e. The molecule has 8 nitrogen and oxygen atoms in total. The molecular weight excluding hydrogens is 268 g/mol. The van der Waals surface area contributed by atoms with Crippen molar-refractivity contribution in [2.24, 2.45) is 0 Å². The summed E-state index contributed by atoms with van der Waals surface area (Å²) >= 11 is 0. The highest BCUT2D eigenvalue weighted by atomic mass is 16.7. The van der Waals surface area contributed by atoms with Gasteiger partial charge in [0.2, 0.25) is 0 Å².